The lowest BCUT2D eigenvalue weighted by Gasteiger charge is -2.23. The summed E-state index contributed by atoms with van der Waals surface area (Å²) in [6.45, 7) is 2.17. The molecule has 0 saturated heterocycles. The van der Waals surface area contributed by atoms with Crippen LogP contribution < -0.4 is 9.62 Å². The fourth-order valence-corrected chi connectivity index (χ4v) is 4.68. The molecule has 0 heterocycles. The Kier molecular flexibility index (Phi) is 6.96. The maximum absolute atomic E-state index is 12.6. The van der Waals surface area contributed by atoms with Crippen LogP contribution in [0.15, 0.2) is 48.5 Å². The molecule has 3 rings (SSSR count). The third-order valence-corrected chi connectivity index (χ3v) is 6.56. The summed E-state index contributed by atoms with van der Waals surface area (Å²) in [5.41, 5.74) is 3.09. The van der Waals surface area contributed by atoms with Crippen molar-refractivity contribution in [3.63, 3.8) is 0 Å². The Bertz CT molecular complexity index is 931. The predicted molar refractivity (Wildman–Crippen MR) is 118 cm³/mol. The van der Waals surface area contributed by atoms with Gasteiger partial charge < -0.3 is 5.32 Å². The number of amides is 1. The van der Waals surface area contributed by atoms with Gasteiger partial charge in [0.1, 0.15) is 0 Å². The zero-order valence-electron chi connectivity index (χ0n) is 17.2. The van der Waals surface area contributed by atoms with Crippen molar-refractivity contribution in [1.82, 2.24) is 5.32 Å². The van der Waals surface area contributed by atoms with Crippen molar-refractivity contribution in [3.05, 3.63) is 65.2 Å². The van der Waals surface area contributed by atoms with E-state index in [2.05, 4.69) is 5.32 Å². The van der Waals surface area contributed by atoms with Crippen LogP contribution in [0.1, 0.15) is 60.0 Å². The minimum absolute atomic E-state index is 0.0536. The van der Waals surface area contributed by atoms with E-state index in [-0.39, 0.29) is 18.5 Å². The summed E-state index contributed by atoms with van der Waals surface area (Å²) in [6, 6.07) is 14.9. The lowest BCUT2D eigenvalue weighted by molar-refractivity contribution is 0.0933. The quantitative estimate of drug-likeness (QED) is 0.712. The molecule has 5 nitrogen and oxygen atoms in total. The SMILES string of the molecule is Cc1cccc(N(Cc2ccc(C(=O)NC3CCCCCC3)cc2)S(C)(=O)=O)c1. The second-order valence-electron chi connectivity index (χ2n) is 7.97. The van der Waals surface area contributed by atoms with Crippen LogP contribution in [0, 0.1) is 6.92 Å². The summed E-state index contributed by atoms with van der Waals surface area (Å²) in [6.07, 6.45) is 8.14. The van der Waals surface area contributed by atoms with Crippen LogP contribution in [0.25, 0.3) is 0 Å². The normalized spacial score (nSPS) is 15.5. The van der Waals surface area contributed by atoms with Crippen LogP contribution in [0.2, 0.25) is 0 Å². The number of aryl methyl sites for hydroxylation is 1. The van der Waals surface area contributed by atoms with Gasteiger partial charge in [-0.05, 0) is 55.2 Å². The fourth-order valence-electron chi connectivity index (χ4n) is 3.80. The van der Waals surface area contributed by atoms with Gasteiger partial charge in [0.2, 0.25) is 10.0 Å². The van der Waals surface area contributed by atoms with Crippen LogP contribution in [-0.4, -0.2) is 26.6 Å². The summed E-state index contributed by atoms with van der Waals surface area (Å²) in [4.78, 5) is 12.6. The molecule has 1 N–H and O–H groups in total. The fraction of sp³-hybridized carbons (Fsp3) is 0.435. The maximum Gasteiger partial charge on any atom is 0.251 e. The monoisotopic (exact) mass is 414 g/mol. The van der Waals surface area contributed by atoms with Crippen molar-refractivity contribution in [2.75, 3.05) is 10.6 Å². The first-order valence-electron chi connectivity index (χ1n) is 10.3. The molecule has 0 bridgehead atoms. The van der Waals surface area contributed by atoms with Crippen molar-refractivity contribution in [1.29, 1.82) is 0 Å². The Morgan fingerprint density at radius 1 is 1.03 bits per heavy atom. The highest BCUT2D eigenvalue weighted by molar-refractivity contribution is 7.92. The second kappa shape index (κ2) is 9.44. The van der Waals surface area contributed by atoms with E-state index in [0.29, 0.717) is 11.3 Å². The molecule has 2 aromatic rings. The summed E-state index contributed by atoms with van der Waals surface area (Å²) < 4.78 is 26.1. The number of anilines is 1. The van der Waals surface area contributed by atoms with Gasteiger partial charge in [0.25, 0.3) is 5.91 Å². The topological polar surface area (TPSA) is 66.5 Å². The van der Waals surface area contributed by atoms with Crippen LogP contribution in [0.3, 0.4) is 0 Å². The Hall–Kier alpha value is -2.34. The van der Waals surface area contributed by atoms with E-state index in [4.69, 9.17) is 0 Å². The van der Waals surface area contributed by atoms with Crippen molar-refractivity contribution in [2.24, 2.45) is 0 Å². The van der Waals surface area contributed by atoms with Gasteiger partial charge in [-0.15, -0.1) is 0 Å². The van der Waals surface area contributed by atoms with E-state index >= 15 is 0 Å². The molecule has 156 valence electrons. The lowest BCUT2D eigenvalue weighted by atomic mass is 10.1. The number of carbonyl (C=O) groups excluding carboxylic acids is 1. The Morgan fingerprint density at radius 3 is 2.28 bits per heavy atom. The molecule has 2 aromatic carbocycles. The molecule has 1 fully saturated rings. The molecule has 1 saturated carbocycles. The summed E-state index contributed by atoms with van der Waals surface area (Å²) in [5.74, 6) is -0.0536. The molecule has 0 unspecified atom stereocenters. The van der Waals surface area contributed by atoms with Gasteiger partial charge in [-0.3, -0.25) is 9.10 Å². The van der Waals surface area contributed by atoms with Gasteiger partial charge in [0.05, 0.1) is 18.5 Å². The molecule has 1 amide bonds. The third kappa shape index (κ3) is 6.07. The van der Waals surface area contributed by atoms with Gasteiger partial charge in [-0.2, -0.15) is 0 Å². The van der Waals surface area contributed by atoms with Gasteiger partial charge in [0, 0.05) is 11.6 Å². The van der Waals surface area contributed by atoms with Crippen LogP contribution in [0.4, 0.5) is 5.69 Å². The highest BCUT2D eigenvalue weighted by atomic mass is 32.2. The Morgan fingerprint density at radius 2 is 1.69 bits per heavy atom. The zero-order valence-corrected chi connectivity index (χ0v) is 18.0. The van der Waals surface area contributed by atoms with Crippen LogP contribution in [0.5, 0.6) is 0 Å². The number of rotatable bonds is 6. The van der Waals surface area contributed by atoms with Crippen molar-refractivity contribution >= 4 is 21.6 Å². The molecule has 0 spiro atoms. The summed E-state index contributed by atoms with van der Waals surface area (Å²) >= 11 is 0. The predicted octanol–water partition coefficient (Wildman–Crippen LogP) is 4.41. The molecule has 1 aliphatic rings. The maximum atomic E-state index is 12.6. The molecular formula is C23H30N2O3S. The molecular weight excluding hydrogens is 384 g/mol. The smallest absolute Gasteiger partial charge is 0.251 e. The van der Waals surface area contributed by atoms with Crippen LogP contribution >= 0.6 is 0 Å². The molecule has 6 heteroatoms. The van der Waals surface area contributed by atoms with Crippen molar-refractivity contribution in [2.45, 2.75) is 58.0 Å². The second-order valence-corrected chi connectivity index (χ2v) is 9.87. The highest BCUT2D eigenvalue weighted by Crippen LogP contribution is 2.22. The van der Waals surface area contributed by atoms with Gasteiger partial charge in [-0.1, -0.05) is 49.9 Å². The summed E-state index contributed by atoms with van der Waals surface area (Å²) in [5, 5.41) is 3.15. The third-order valence-electron chi connectivity index (χ3n) is 5.42. The van der Waals surface area contributed by atoms with Gasteiger partial charge >= 0.3 is 0 Å². The lowest BCUT2D eigenvalue weighted by Crippen LogP contribution is -2.34. The minimum atomic E-state index is -3.43. The molecule has 29 heavy (non-hydrogen) atoms. The summed E-state index contributed by atoms with van der Waals surface area (Å²) in [7, 11) is -3.43. The van der Waals surface area contributed by atoms with Crippen LogP contribution in [-0.2, 0) is 16.6 Å². The first kappa shape index (κ1) is 21.4. The van der Waals surface area contributed by atoms with E-state index < -0.39 is 10.0 Å². The van der Waals surface area contributed by atoms with E-state index in [9.17, 15) is 13.2 Å². The first-order chi connectivity index (χ1) is 13.8. The molecule has 0 aromatic heterocycles. The average molecular weight is 415 g/mol. The standard InChI is InChI=1S/C23H30N2O3S/c1-18-8-7-11-22(16-18)25(29(2,27)28)17-19-12-14-20(15-13-19)23(26)24-21-9-5-3-4-6-10-21/h7-8,11-16,21H,3-6,9-10,17H2,1-2H3,(H,24,26). The number of benzene rings is 2. The number of hydrogen-bond donors (Lipinski definition) is 1. The molecule has 0 radical (unpaired) electrons. The molecule has 0 atom stereocenters. The number of nitrogens with one attached hydrogen (secondary N) is 1. The van der Waals surface area contributed by atoms with Gasteiger partial charge in [0.15, 0.2) is 0 Å². The number of hydrogen-bond acceptors (Lipinski definition) is 3. The number of sulfonamides is 1. The molecule has 0 aliphatic heterocycles. The van der Waals surface area contributed by atoms with Crippen molar-refractivity contribution in [3.8, 4) is 0 Å². The van der Waals surface area contributed by atoms with Gasteiger partial charge in [-0.25, -0.2) is 8.42 Å². The van der Waals surface area contributed by atoms with E-state index in [1.807, 2.05) is 37.3 Å². The average Bonchev–Trinajstić information content (AvgIpc) is 2.94. The molecule has 1 aliphatic carbocycles. The Labute approximate surface area is 174 Å². The number of carbonyl (C=O) groups is 1. The van der Waals surface area contributed by atoms with Crippen molar-refractivity contribution < 1.29 is 13.2 Å². The van der Waals surface area contributed by atoms with E-state index in [1.54, 1.807) is 18.2 Å². The van der Waals surface area contributed by atoms with E-state index in [1.165, 1.54) is 36.2 Å². The minimum Gasteiger partial charge on any atom is -0.349 e. The first-order valence-corrected chi connectivity index (χ1v) is 12.1. The van der Waals surface area contributed by atoms with E-state index in [0.717, 1.165) is 24.0 Å². The largest absolute Gasteiger partial charge is 0.349 e. The highest BCUT2D eigenvalue weighted by Gasteiger charge is 2.19. The zero-order chi connectivity index (χ0) is 20.9. The Balaban J connectivity index is 1.70. The number of nitrogens with zero attached hydrogens (tertiary/aromatic N) is 1.